The fourth-order valence-electron chi connectivity index (χ4n) is 1.10. The minimum absolute atomic E-state index is 0.216. The van der Waals surface area contributed by atoms with Crippen molar-refractivity contribution in [3.8, 4) is 0 Å². The quantitative estimate of drug-likeness (QED) is 0.563. The normalized spacial score (nSPS) is 27.2. The van der Waals surface area contributed by atoms with E-state index in [-0.39, 0.29) is 6.10 Å². The first-order valence-electron chi connectivity index (χ1n) is 3.34. The van der Waals surface area contributed by atoms with Crippen molar-refractivity contribution in [3.05, 3.63) is 24.3 Å². The van der Waals surface area contributed by atoms with Crippen LogP contribution in [0.25, 0.3) is 0 Å². The molecule has 1 aliphatic rings. The Morgan fingerprint density at radius 3 is 3.00 bits per heavy atom. The predicted molar refractivity (Wildman–Crippen MR) is 38.1 cm³/mol. The van der Waals surface area contributed by atoms with Gasteiger partial charge < -0.3 is 5.11 Å². The molecule has 0 fully saturated rings. The van der Waals surface area contributed by atoms with Crippen LogP contribution < -0.4 is 0 Å². The van der Waals surface area contributed by atoms with Gasteiger partial charge in [-0.15, -0.1) is 0 Å². The topological polar surface area (TPSA) is 20.2 Å². The van der Waals surface area contributed by atoms with Gasteiger partial charge in [0.05, 0.1) is 6.10 Å². The summed E-state index contributed by atoms with van der Waals surface area (Å²) in [4.78, 5) is 0. The largest absolute Gasteiger partial charge is 0.389 e. The Balaban J connectivity index is 2.59. The zero-order chi connectivity index (χ0) is 6.69. The Morgan fingerprint density at radius 2 is 2.56 bits per heavy atom. The molecule has 0 saturated heterocycles. The summed E-state index contributed by atoms with van der Waals surface area (Å²) in [7, 11) is 0. The maximum absolute atomic E-state index is 9.09. The molecule has 50 valence electrons. The van der Waals surface area contributed by atoms with Gasteiger partial charge in [0, 0.05) is 0 Å². The molecule has 9 heavy (non-hydrogen) atoms. The van der Waals surface area contributed by atoms with E-state index in [0.717, 1.165) is 19.3 Å². The van der Waals surface area contributed by atoms with E-state index in [0.29, 0.717) is 0 Å². The molecule has 0 saturated carbocycles. The van der Waals surface area contributed by atoms with Crippen LogP contribution in [0, 0.1) is 0 Å². The highest BCUT2D eigenvalue weighted by Crippen LogP contribution is 2.17. The Bertz CT molecular complexity index is 136. The molecular weight excluding hydrogens is 112 g/mol. The summed E-state index contributed by atoms with van der Waals surface area (Å²) in [5.74, 6) is 0. The number of hydrogen-bond donors (Lipinski definition) is 1. The lowest BCUT2D eigenvalue weighted by atomic mass is 9.98. The van der Waals surface area contributed by atoms with Crippen molar-refractivity contribution < 1.29 is 5.11 Å². The molecule has 1 heteroatoms. The van der Waals surface area contributed by atoms with Gasteiger partial charge in [-0.05, 0) is 19.3 Å². The minimum atomic E-state index is -0.216. The number of allylic oxidation sites excluding steroid dienone is 2. The Kier molecular flexibility index (Phi) is 2.06. The lowest BCUT2D eigenvalue weighted by Gasteiger charge is -2.13. The van der Waals surface area contributed by atoms with Crippen LogP contribution in [0.15, 0.2) is 24.3 Å². The molecule has 0 radical (unpaired) electrons. The summed E-state index contributed by atoms with van der Waals surface area (Å²) in [5.41, 5.74) is 1.19. The first kappa shape index (κ1) is 6.56. The monoisotopic (exact) mass is 124 g/mol. The molecule has 0 amide bonds. The van der Waals surface area contributed by atoms with Crippen molar-refractivity contribution in [1.29, 1.82) is 0 Å². The second-order valence-corrected chi connectivity index (χ2v) is 2.41. The molecule has 0 heterocycles. The van der Waals surface area contributed by atoms with Crippen molar-refractivity contribution in [2.75, 3.05) is 0 Å². The third-order valence-corrected chi connectivity index (χ3v) is 1.63. The van der Waals surface area contributed by atoms with E-state index < -0.39 is 0 Å². The lowest BCUT2D eigenvalue weighted by Crippen LogP contribution is -2.07. The summed E-state index contributed by atoms with van der Waals surface area (Å²) >= 11 is 0. The van der Waals surface area contributed by atoms with Crippen molar-refractivity contribution in [1.82, 2.24) is 0 Å². The average Bonchev–Trinajstić information content (AvgIpc) is 1.88. The van der Waals surface area contributed by atoms with Crippen molar-refractivity contribution >= 4 is 0 Å². The zero-order valence-electron chi connectivity index (χ0n) is 5.51. The lowest BCUT2D eigenvalue weighted by molar-refractivity contribution is 0.203. The van der Waals surface area contributed by atoms with Crippen molar-refractivity contribution in [3.63, 3.8) is 0 Å². The molecule has 0 bridgehead atoms. The number of rotatable bonds is 1. The SMILES string of the molecule is C=CC1=C[C@H](O)CCC1. The van der Waals surface area contributed by atoms with Gasteiger partial charge in [0.2, 0.25) is 0 Å². The van der Waals surface area contributed by atoms with Crippen LogP contribution in [0.4, 0.5) is 0 Å². The van der Waals surface area contributed by atoms with Crippen LogP contribution in [0.5, 0.6) is 0 Å². The van der Waals surface area contributed by atoms with Crippen LogP contribution in [0.3, 0.4) is 0 Å². The Labute approximate surface area is 55.7 Å². The highest BCUT2D eigenvalue weighted by molar-refractivity contribution is 5.19. The molecule has 0 aromatic heterocycles. The third kappa shape index (κ3) is 1.68. The third-order valence-electron chi connectivity index (χ3n) is 1.63. The summed E-state index contributed by atoms with van der Waals surface area (Å²) in [6, 6.07) is 0. The molecule has 1 rings (SSSR count). The number of aliphatic hydroxyl groups excluding tert-OH is 1. The van der Waals surface area contributed by atoms with E-state index in [2.05, 4.69) is 6.58 Å². The number of aliphatic hydroxyl groups is 1. The summed E-state index contributed by atoms with van der Waals surface area (Å²) in [5, 5.41) is 9.09. The molecule has 0 aliphatic heterocycles. The Hall–Kier alpha value is -0.560. The first-order valence-corrected chi connectivity index (χ1v) is 3.34. The summed E-state index contributed by atoms with van der Waals surface area (Å²) in [6.07, 6.45) is 6.59. The van der Waals surface area contributed by atoms with Gasteiger partial charge in [-0.25, -0.2) is 0 Å². The zero-order valence-corrected chi connectivity index (χ0v) is 5.51. The highest BCUT2D eigenvalue weighted by Gasteiger charge is 2.07. The molecular formula is C8H12O. The fraction of sp³-hybridized carbons (Fsp3) is 0.500. The summed E-state index contributed by atoms with van der Waals surface area (Å²) < 4.78 is 0. The average molecular weight is 124 g/mol. The smallest absolute Gasteiger partial charge is 0.0726 e. The van der Waals surface area contributed by atoms with Crippen molar-refractivity contribution in [2.24, 2.45) is 0 Å². The maximum atomic E-state index is 9.09. The predicted octanol–water partition coefficient (Wildman–Crippen LogP) is 1.64. The van der Waals surface area contributed by atoms with Crippen LogP contribution in [-0.2, 0) is 0 Å². The van der Waals surface area contributed by atoms with Gasteiger partial charge >= 0.3 is 0 Å². The second kappa shape index (κ2) is 2.83. The van der Waals surface area contributed by atoms with E-state index >= 15 is 0 Å². The minimum Gasteiger partial charge on any atom is -0.389 e. The van der Waals surface area contributed by atoms with Crippen LogP contribution >= 0.6 is 0 Å². The van der Waals surface area contributed by atoms with Crippen molar-refractivity contribution in [2.45, 2.75) is 25.4 Å². The highest BCUT2D eigenvalue weighted by atomic mass is 16.3. The van der Waals surface area contributed by atoms with E-state index in [1.807, 2.05) is 12.2 Å². The van der Waals surface area contributed by atoms with Crippen LogP contribution in [0.1, 0.15) is 19.3 Å². The standard InChI is InChI=1S/C8H12O/c1-2-7-4-3-5-8(9)6-7/h2,6,8-9H,1,3-5H2/t8-/m1/s1. The van der Waals surface area contributed by atoms with Gasteiger partial charge in [0.25, 0.3) is 0 Å². The molecule has 1 aliphatic carbocycles. The number of hydrogen-bond acceptors (Lipinski definition) is 1. The molecule has 0 aromatic rings. The van der Waals surface area contributed by atoms with E-state index in [9.17, 15) is 0 Å². The van der Waals surface area contributed by atoms with E-state index in [1.54, 1.807) is 0 Å². The van der Waals surface area contributed by atoms with Gasteiger partial charge in [0.15, 0.2) is 0 Å². The van der Waals surface area contributed by atoms with Crippen LogP contribution in [-0.4, -0.2) is 11.2 Å². The summed E-state index contributed by atoms with van der Waals surface area (Å²) in [6.45, 7) is 3.64. The molecule has 0 unspecified atom stereocenters. The molecule has 0 aromatic carbocycles. The first-order chi connectivity index (χ1) is 4.33. The fourth-order valence-corrected chi connectivity index (χ4v) is 1.10. The van der Waals surface area contributed by atoms with E-state index in [4.69, 9.17) is 5.11 Å². The second-order valence-electron chi connectivity index (χ2n) is 2.41. The van der Waals surface area contributed by atoms with Gasteiger partial charge in [-0.3, -0.25) is 0 Å². The maximum Gasteiger partial charge on any atom is 0.0726 e. The molecule has 1 N–H and O–H groups in total. The van der Waals surface area contributed by atoms with E-state index in [1.165, 1.54) is 5.57 Å². The Morgan fingerprint density at radius 1 is 1.78 bits per heavy atom. The van der Waals surface area contributed by atoms with Gasteiger partial charge in [0.1, 0.15) is 0 Å². The van der Waals surface area contributed by atoms with Gasteiger partial charge in [-0.1, -0.05) is 24.3 Å². The molecule has 0 spiro atoms. The molecule has 1 atom stereocenters. The van der Waals surface area contributed by atoms with Crippen LogP contribution in [0.2, 0.25) is 0 Å². The van der Waals surface area contributed by atoms with Gasteiger partial charge in [-0.2, -0.15) is 0 Å². The molecule has 1 nitrogen and oxygen atoms in total.